The van der Waals surface area contributed by atoms with Gasteiger partial charge in [-0.1, -0.05) is 27.5 Å². The van der Waals surface area contributed by atoms with Gasteiger partial charge in [0.1, 0.15) is 0 Å². The predicted molar refractivity (Wildman–Crippen MR) is 83.1 cm³/mol. The quantitative estimate of drug-likeness (QED) is 0.812. The van der Waals surface area contributed by atoms with E-state index in [1.54, 1.807) is 0 Å². The largest absolute Gasteiger partial charge is 0.324 e. The molecule has 0 amide bonds. The van der Waals surface area contributed by atoms with Crippen molar-refractivity contribution < 1.29 is 0 Å². The fourth-order valence-electron chi connectivity index (χ4n) is 2.93. The molecule has 2 nitrogen and oxygen atoms in total. The van der Waals surface area contributed by atoms with Crippen LogP contribution in [-0.4, -0.2) is 4.57 Å². The summed E-state index contributed by atoms with van der Waals surface area (Å²) in [6.45, 7) is 2.11. The summed E-state index contributed by atoms with van der Waals surface area (Å²) in [7, 11) is 0. The second kappa shape index (κ2) is 4.97. The molecular weight excluding hydrogens is 324 g/mol. The molecule has 1 aromatic carbocycles. The van der Waals surface area contributed by atoms with Gasteiger partial charge in [-0.05, 0) is 56.0 Å². The first-order valence-electron chi connectivity index (χ1n) is 6.50. The van der Waals surface area contributed by atoms with Crippen LogP contribution in [0.25, 0.3) is 5.69 Å². The van der Waals surface area contributed by atoms with Crippen molar-refractivity contribution in [2.45, 2.75) is 32.2 Å². The Hall–Kier alpha value is -0.770. The third kappa shape index (κ3) is 2.24. The van der Waals surface area contributed by atoms with E-state index in [1.165, 1.54) is 17.0 Å². The predicted octanol–water partition coefficient (Wildman–Crippen LogP) is 4.54. The number of rotatable bonds is 1. The minimum absolute atomic E-state index is 0.162. The van der Waals surface area contributed by atoms with E-state index in [2.05, 4.69) is 39.6 Å². The van der Waals surface area contributed by atoms with Crippen molar-refractivity contribution in [3.05, 3.63) is 50.7 Å². The van der Waals surface area contributed by atoms with Crippen LogP contribution in [0.1, 0.15) is 35.8 Å². The molecule has 1 aromatic heterocycles. The summed E-state index contributed by atoms with van der Waals surface area (Å²) in [4.78, 5) is 0. The van der Waals surface area contributed by atoms with E-state index >= 15 is 0 Å². The molecule has 19 heavy (non-hydrogen) atoms. The summed E-state index contributed by atoms with van der Waals surface area (Å²) in [6.07, 6.45) is 3.28. The molecule has 1 aliphatic rings. The monoisotopic (exact) mass is 338 g/mol. The van der Waals surface area contributed by atoms with Crippen LogP contribution >= 0.6 is 27.5 Å². The molecule has 100 valence electrons. The van der Waals surface area contributed by atoms with Crippen LogP contribution in [0.4, 0.5) is 0 Å². The summed E-state index contributed by atoms with van der Waals surface area (Å²) in [5.74, 6) is 0. The first kappa shape index (κ1) is 13.2. The van der Waals surface area contributed by atoms with Crippen molar-refractivity contribution in [1.82, 2.24) is 4.57 Å². The Morgan fingerprint density at radius 2 is 2.16 bits per heavy atom. The van der Waals surface area contributed by atoms with Gasteiger partial charge in [-0.3, -0.25) is 0 Å². The molecule has 1 unspecified atom stereocenters. The van der Waals surface area contributed by atoms with Gasteiger partial charge in [0.05, 0.1) is 10.7 Å². The number of hydrogen-bond acceptors (Lipinski definition) is 1. The first-order chi connectivity index (χ1) is 9.08. The number of benzene rings is 1. The van der Waals surface area contributed by atoms with Gasteiger partial charge in [-0.15, -0.1) is 0 Å². The third-order valence-electron chi connectivity index (χ3n) is 3.80. The Kier molecular flexibility index (Phi) is 3.46. The molecule has 0 radical (unpaired) electrons. The smallest absolute Gasteiger partial charge is 0.0652 e. The summed E-state index contributed by atoms with van der Waals surface area (Å²) in [6, 6.07) is 8.32. The number of nitrogens with zero attached hydrogens (tertiary/aromatic N) is 1. The second-order valence-corrected chi connectivity index (χ2v) is 6.44. The van der Waals surface area contributed by atoms with Gasteiger partial charge in [0.2, 0.25) is 0 Å². The molecule has 0 saturated carbocycles. The van der Waals surface area contributed by atoms with Crippen LogP contribution in [-0.2, 0) is 6.42 Å². The van der Waals surface area contributed by atoms with Crippen molar-refractivity contribution in [3.63, 3.8) is 0 Å². The minimum Gasteiger partial charge on any atom is -0.324 e. The van der Waals surface area contributed by atoms with E-state index in [4.69, 9.17) is 17.3 Å². The third-order valence-corrected chi connectivity index (χ3v) is 4.61. The van der Waals surface area contributed by atoms with E-state index in [0.717, 1.165) is 34.4 Å². The number of nitrogens with two attached hydrogens (primary N) is 1. The first-order valence-corrected chi connectivity index (χ1v) is 7.67. The molecule has 0 aliphatic heterocycles. The number of hydrogen-bond donors (Lipinski definition) is 1. The van der Waals surface area contributed by atoms with Crippen LogP contribution in [0.15, 0.2) is 28.7 Å². The highest BCUT2D eigenvalue weighted by Crippen LogP contribution is 2.35. The Morgan fingerprint density at radius 3 is 2.95 bits per heavy atom. The second-order valence-electron chi connectivity index (χ2n) is 5.12. The molecule has 0 bridgehead atoms. The summed E-state index contributed by atoms with van der Waals surface area (Å²) in [5.41, 5.74) is 11.0. The molecular formula is C15H16BrClN2. The zero-order valence-corrected chi connectivity index (χ0v) is 13.1. The summed E-state index contributed by atoms with van der Waals surface area (Å²) < 4.78 is 3.29. The lowest BCUT2D eigenvalue weighted by Gasteiger charge is -2.21. The summed E-state index contributed by atoms with van der Waals surface area (Å²) >= 11 is 9.88. The Bertz CT molecular complexity index is 633. The van der Waals surface area contributed by atoms with E-state index in [-0.39, 0.29) is 6.04 Å². The fourth-order valence-corrected chi connectivity index (χ4v) is 3.48. The molecule has 1 atom stereocenters. The van der Waals surface area contributed by atoms with Crippen LogP contribution < -0.4 is 5.73 Å². The van der Waals surface area contributed by atoms with Crippen molar-refractivity contribution in [2.24, 2.45) is 5.73 Å². The maximum Gasteiger partial charge on any atom is 0.0652 e. The SMILES string of the molecule is Cc1cc2c(n1-c1cc(Br)ccc1Cl)CCCC2N. The molecule has 1 aliphatic carbocycles. The normalized spacial score (nSPS) is 18.4. The number of aryl methyl sites for hydroxylation is 1. The maximum atomic E-state index is 6.37. The molecule has 0 spiro atoms. The molecule has 3 rings (SSSR count). The highest BCUT2D eigenvalue weighted by atomic mass is 79.9. The van der Waals surface area contributed by atoms with Gasteiger partial charge >= 0.3 is 0 Å². The number of aromatic nitrogens is 1. The average molecular weight is 340 g/mol. The molecule has 2 N–H and O–H groups in total. The molecule has 4 heteroatoms. The van der Waals surface area contributed by atoms with Gasteiger partial charge in [-0.2, -0.15) is 0 Å². The van der Waals surface area contributed by atoms with E-state index in [9.17, 15) is 0 Å². The molecule has 0 fully saturated rings. The van der Waals surface area contributed by atoms with Crippen molar-refractivity contribution in [3.8, 4) is 5.69 Å². The molecule has 0 saturated heterocycles. The topological polar surface area (TPSA) is 30.9 Å². The van der Waals surface area contributed by atoms with Crippen molar-refractivity contribution in [1.29, 1.82) is 0 Å². The minimum atomic E-state index is 0.162. The average Bonchev–Trinajstić information content (AvgIpc) is 2.70. The van der Waals surface area contributed by atoms with Crippen LogP contribution in [0.5, 0.6) is 0 Å². The lowest BCUT2D eigenvalue weighted by atomic mass is 9.93. The Morgan fingerprint density at radius 1 is 1.37 bits per heavy atom. The summed E-state index contributed by atoms with van der Waals surface area (Å²) in [5, 5.41) is 0.767. The highest BCUT2D eigenvalue weighted by Gasteiger charge is 2.23. The lowest BCUT2D eigenvalue weighted by Crippen LogP contribution is -2.18. The van der Waals surface area contributed by atoms with Gasteiger partial charge in [-0.25, -0.2) is 0 Å². The van der Waals surface area contributed by atoms with Crippen LogP contribution in [0.3, 0.4) is 0 Å². The van der Waals surface area contributed by atoms with E-state index < -0.39 is 0 Å². The highest BCUT2D eigenvalue weighted by molar-refractivity contribution is 9.10. The Balaban J connectivity index is 2.23. The lowest BCUT2D eigenvalue weighted by molar-refractivity contribution is 0.560. The van der Waals surface area contributed by atoms with Crippen LogP contribution in [0.2, 0.25) is 5.02 Å². The number of fused-ring (bicyclic) bond motifs is 1. The molecule has 1 heterocycles. The number of halogens is 2. The van der Waals surface area contributed by atoms with Gasteiger partial charge < -0.3 is 10.3 Å². The van der Waals surface area contributed by atoms with Crippen LogP contribution in [0, 0.1) is 6.92 Å². The zero-order chi connectivity index (χ0) is 13.6. The van der Waals surface area contributed by atoms with Gasteiger partial charge in [0.25, 0.3) is 0 Å². The van der Waals surface area contributed by atoms with E-state index in [1.807, 2.05) is 12.1 Å². The van der Waals surface area contributed by atoms with Crippen molar-refractivity contribution in [2.75, 3.05) is 0 Å². The Labute approximate surface area is 126 Å². The maximum absolute atomic E-state index is 6.37. The van der Waals surface area contributed by atoms with Gasteiger partial charge in [0.15, 0.2) is 0 Å². The zero-order valence-electron chi connectivity index (χ0n) is 10.8. The fraction of sp³-hybridized carbons (Fsp3) is 0.333. The van der Waals surface area contributed by atoms with E-state index in [0.29, 0.717) is 0 Å². The standard InChI is InChI=1S/C15H16BrClN2/c1-9-7-11-13(18)3-2-4-14(11)19(9)15-8-10(16)5-6-12(15)17/h5-8,13H,2-4,18H2,1H3. The van der Waals surface area contributed by atoms with Crippen molar-refractivity contribution >= 4 is 27.5 Å². The van der Waals surface area contributed by atoms with Gasteiger partial charge in [0, 0.05) is 21.9 Å². The molecule has 2 aromatic rings.